The van der Waals surface area contributed by atoms with Crippen molar-refractivity contribution >= 4 is 5.78 Å². The highest BCUT2D eigenvalue weighted by molar-refractivity contribution is 5.95. The quantitative estimate of drug-likeness (QED) is 0.705. The third-order valence-corrected chi connectivity index (χ3v) is 2.16. The molecule has 1 aromatic carbocycles. The highest BCUT2D eigenvalue weighted by atomic mass is 16.1. The number of hydrogen-bond donors (Lipinski definition) is 0. The van der Waals surface area contributed by atoms with E-state index in [4.69, 9.17) is 0 Å². The average Bonchev–Trinajstić information content (AvgIpc) is 2.80. The molecule has 2 rings (SSSR count). The number of ketones is 1. The molecule has 0 saturated carbocycles. The number of carbonyl (C=O) groups is 1. The molecule has 0 N–H and O–H groups in total. The molecule has 15 heavy (non-hydrogen) atoms. The van der Waals surface area contributed by atoms with Crippen LogP contribution in [0.4, 0.5) is 0 Å². The molecule has 0 aliphatic rings. The second-order valence-electron chi connectivity index (χ2n) is 3.24. The monoisotopic (exact) mass is 201 g/mol. The van der Waals surface area contributed by atoms with E-state index in [0.717, 1.165) is 5.56 Å². The van der Waals surface area contributed by atoms with Gasteiger partial charge in [-0.2, -0.15) is 0 Å². The minimum Gasteiger partial charge on any atom is -0.320 e. The van der Waals surface area contributed by atoms with E-state index in [2.05, 4.69) is 10.2 Å². The van der Waals surface area contributed by atoms with Gasteiger partial charge in [0.1, 0.15) is 12.7 Å². The standard InChI is InChI=1S/C11H11N3O/c15-11(10-4-2-1-3-5-10)6-7-14-8-12-13-9-14/h1-5,8-9H,6-7H2. The molecule has 1 aromatic heterocycles. The molecular weight excluding hydrogens is 190 g/mol. The first-order valence-corrected chi connectivity index (χ1v) is 4.77. The summed E-state index contributed by atoms with van der Waals surface area (Å²) in [6.45, 7) is 0.626. The fourth-order valence-electron chi connectivity index (χ4n) is 1.34. The normalized spacial score (nSPS) is 10.1. The zero-order chi connectivity index (χ0) is 10.5. The van der Waals surface area contributed by atoms with Crippen LogP contribution in [0.15, 0.2) is 43.0 Å². The Morgan fingerprint density at radius 1 is 1.13 bits per heavy atom. The van der Waals surface area contributed by atoms with Crippen LogP contribution in [-0.2, 0) is 6.54 Å². The van der Waals surface area contributed by atoms with Crippen LogP contribution in [0.1, 0.15) is 16.8 Å². The molecule has 4 nitrogen and oxygen atoms in total. The van der Waals surface area contributed by atoms with Crippen molar-refractivity contribution in [2.45, 2.75) is 13.0 Å². The Morgan fingerprint density at radius 3 is 2.47 bits per heavy atom. The minimum absolute atomic E-state index is 0.143. The third-order valence-electron chi connectivity index (χ3n) is 2.16. The van der Waals surface area contributed by atoms with Crippen molar-refractivity contribution in [3.8, 4) is 0 Å². The van der Waals surface area contributed by atoms with Gasteiger partial charge in [-0.3, -0.25) is 4.79 Å². The second kappa shape index (κ2) is 4.50. The number of benzene rings is 1. The van der Waals surface area contributed by atoms with Gasteiger partial charge in [0.15, 0.2) is 5.78 Å². The van der Waals surface area contributed by atoms with Crippen LogP contribution in [0, 0.1) is 0 Å². The smallest absolute Gasteiger partial charge is 0.164 e. The van der Waals surface area contributed by atoms with E-state index in [-0.39, 0.29) is 5.78 Å². The van der Waals surface area contributed by atoms with Gasteiger partial charge in [-0.05, 0) is 0 Å². The first-order chi connectivity index (χ1) is 7.36. The molecule has 1 heterocycles. The molecule has 2 aromatic rings. The van der Waals surface area contributed by atoms with Gasteiger partial charge < -0.3 is 4.57 Å². The number of Topliss-reactive ketones (excluding diaryl/α,β-unsaturated/α-hetero) is 1. The van der Waals surface area contributed by atoms with Crippen LogP contribution in [-0.4, -0.2) is 20.5 Å². The number of rotatable bonds is 4. The molecule has 0 spiro atoms. The van der Waals surface area contributed by atoms with Gasteiger partial charge in [-0.15, -0.1) is 10.2 Å². The van der Waals surface area contributed by atoms with E-state index < -0.39 is 0 Å². The summed E-state index contributed by atoms with van der Waals surface area (Å²) in [5, 5.41) is 7.35. The van der Waals surface area contributed by atoms with Crippen molar-refractivity contribution < 1.29 is 4.79 Å². The first kappa shape index (κ1) is 9.58. The van der Waals surface area contributed by atoms with E-state index in [9.17, 15) is 4.79 Å². The van der Waals surface area contributed by atoms with Gasteiger partial charge >= 0.3 is 0 Å². The Labute approximate surface area is 87.6 Å². The summed E-state index contributed by atoms with van der Waals surface area (Å²) in [7, 11) is 0. The minimum atomic E-state index is 0.143. The number of nitrogens with zero attached hydrogens (tertiary/aromatic N) is 3. The topological polar surface area (TPSA) is 47.8 Å². The molecule has 0 radical (unpaired) electrons. The number of aryl methyl sites for hydroxylation is 1. The predicted octanol–water partition coefficient (Wildman–Crippen LogP) is 1.55. The maximum absolute atomic E-state index is 11.7. The van der Waals surface area contributed by atoms with Gasteiger partial charge in [-0.25, -0.2) is 0 Å². The zero-order valence-corrected chi connectivity index (χ0v) is 8.21. The van der Waals surface area contributed by atoms with Crippen LogP contribution in [0.3, 0.4) is 0 Å². The maximum atomic E-state index is 11.7. The van der Waals surface area contributed by atoms with Crippen molar-refractivity contribution in [2.75, 3.05) is 0 Å². The number of carbonyl (C=O) groups excluding carboxylic acids is 1. The van der Waals surface area contributed by atoms with Gasteiger partial charge in [-0.1, -0.05) is 30.3 Å². The zero-order valence-electron chi connectivity index (χ0n) is 8.21. The Balaban J connectivity index is 1.94. The van der Waals surface area contributed by atoms with Crippen LogP contribution in [0.25, 0.3) is 0 Å². The molecule has 0 bridgehead atoms. The van der Waals surface area contributed by atoms with Gasteiger partial charge in [0.05, 0.1) is 0 Å². The summed E-state index contributed by atoms with van der Waals surface area (Å²) < 4.78 is 1.79. The van der Waals surface area contributed by atoms with Crippen LogP contribution in [0.5, 0.6) is 0 Å². The Kier molecular flexibility index (Phi) is 2.88. The summed E-state index contributed by atoms with van der Waals surface area (Å²) in [5.74, 6) is 0.143. The third kappa shape index (κ3) is 2.49. The van der Waals surface area contributed by atoms with Gasteiger partial charge in [0.25, 0.3) is 0 Å². The average molecular weight is 201 g/mol. The van der Waals surface area contributed by atoms with Gasteiger partial charge in [0.2, 0.25) is 0 Å². The molecule has 0 amide bonds. The van der Waals surface area contributed by atoms with Crippen molar-refractivity contribution in [2.24, 2.45) is 0 Å². The van der Waals surface area contributed by atoms with E-state index in [0.29, 0.717) is 13.0 Å². The van der Waals surface area contributed by atoms with Crippen LogP contribution in [0.2, 0.25) is 0 Å². The summed E-state index contributed by atoms with van der Waals surface area (Å²) in [6.07, 6.45) is 3.69. The number of aromatic nitrogens is 3. The summed E-state index contributed by atoms with van der Waals surface area (Å²) in [5.41, 5.74) is 0.755. The SMILES string of the molecule is O=C(CCn1cnnc1)c1ccccc1. The van der Waals surface area contributed by atoms with Crippen molar-refractivity contribution in [3.05, 3.63) is 48.5 Å². The Hall–Kier alpha value is -1.97. The molecule has 0 atom stereocenters. The lowest BCUT2D eigenvalue weighted by molar-refractivity contribution is 0.0977. The van der Waals surface area contributed by atoms with E-state index in [1.807, 2.05) is 30.3 Å². The highest BCUT2D eigenvalue weighted by Gasteiger charge is 2.04. The molecule has 0 saturated heterocycles. The lowest BCUT2D eigenvalue weighted by Gasteiger charge is -2.00. The molecule has 0 aliphatic carbocycles. The summed E-state index contributed by atoms with van der Waals surface area (Å²) in [6, 6.07) is 9.29. The summed E-state index contributed by atoms with van der Waals surface area (Å²) in [4.78, 5) is 11.7. The fourth-order valence-corrected chi connectivity index (χ4v) is 1.34. The lowest BCUT2D eigenvalue weighted by atomic mass is 10.1. The summed E-state index contributed by atoms with van der Waals surface area (Å²) >= 11 is 0. The molecular formula is C11H11N3O. The van der Waals surface area contributed by atoms with Crippen LogP contribution >= 0.6 is 0 Å². The van der Waals surface area contributed by atoms with Crippen molar-refractivity contribution in [3.63, 3.8) is 0 Å². The predicted molar refractivity (Wildman–Crippen MR) is 55.4 cm³/mol. The molecule has 0 unspecified atom stereocenters. The van der Waals surface area contributed by atoms with E-state index in [1.54, 1.807) is 17.2 Å². The Morgan fingerprint density at radius 2 is 1.80 bits per heavy atom. The first-order valence-electron chi connectivity index (χ1n) is 4.77. The van der Waals surface area contributed by atoms with E-state index >= 15 is 0 Å². The van der Waals surface area contributed by atoms with Crippen molar-refractivity contribution in [1.82, 2.24) is 14.8 Å². The highest BCUT2D eigenvalue weighted by Crippen LogP contribution is 2.03. The second-order valence-corrected chi connectivity index (χ2v) is 3.24. The molecule has 0 aliphatic heterocycles. The molecule has 0 fully saturated rings. The molecule has 4 heteroatoms. The lowest BCUT2D eigenvalue weighted by Crippen LogP contribution is -2.04. The largest absolute Gasteiger partial charge is 0.320 e. The fraction of sp³-hybridized carbons (Fsp3) is 0.182. The number of hydrogen-bond acceptors (Lipinski definition) is 3. The van der Waals surface area contributed by atoms with Gasteiger partial charge in [0, 0.05) is 18.5 Å². The van der Waals surface area contributed by atoms with E-state index in [1.165, 1.54) is 0 Å². The Bertz CT molecular complexity index is 422. The maximum Gasteiger partial charge on any atom is 0.164 e. The molecule has 76 valence electrons. The van der Waals surface area contributed by atoms with Crippen molar-refractivity contribution in [1.29, 1.82) is 0 Å². The van der Waals surface area contributed by atoms with Crippen LogP contribution < -0.4 is 0 Å².